The summed E-state index contributed by atoms with van der Waals surface area (Å²) < 4.78 is 5.41. The number of fused-ring (bicyclic) bond motifs is 1. The van der Waals surface area contributed by atoms with Crippen molar-refractivity contribution in [2.75, 3.05) is 50.8 Å². The minimum absolute atomic E-state index is 0.0751. The molecule has 1 unspecified atom stereocenters. The number of morpholine rings is 1. The van der Waals surface area contributed by atoms with Gasteiger partial charge in [-0.15, -0.1) is 0 Å². The van der Waals surface area contributed by atoms with E-state index in [9.17, 15) is 4.79 Å². The van der Waals surface area contributed by atoms with Gasteiger partial charge in [-0.3, -0.25) is 14.8 Å². The van der Waals surface area contributed by atoms with Crippen LogP contribution in [0.25, 0.3) is 22.3 Å². The van der Waals surface area contributed by atoms with Crippen molar-refractivity contribution in [2.24, 2.45) is 5.41 Å². The molecular weight excluding hydrogens is 430 g/mol. The molecule has 1 N–H and O–H groups in total. The summed E-state index contributed by atoms with van der Waals surface area (Å²) in [6, 6.07) is 5.79. The van der Waals surface area contributed by atoms with Crippen LogP contribution in [0.5, 0.6) is 0 Å². The summed E-state index contributed by atoms with van der Waals surface area (Å²) in [5.41, 5.74) is 1.96. The molecule has 9 heteroatoms. The molecule has 1 atom stereocenters. The van der Waals surface area contributed by atoms with Gasteiger partial charge < -0.3 is 19.9 Å². The third-order valence-electron chi connectivity index (χ3n) is 7.52. The van der Waals surface area contributed by atoms with Crippen molar-refractivity contribution >= 4 is 22.6 Å². The van der Waals surface area contributed by atoms with Crippen LogP contribution in [0.1, 0.15) is 19.3 Å². The van der Waals surface area contributed by atoms with E-state index in [1.54, 1.807) is 24.8 Å². The number of pyridine rings is 2. The number of hydrogen-bond acceptors (Lipinski definition) is 8. The second-order valence-electron chi connectivity index (χ2n) is 9.56. The van der Waals surface area contributed by atoms with Crippen LogP contribution in [-0.2, 0) is 9.53 Å². The first-order chi connectivity index (χ1) is 16.7. The SMILES string of the molecule is O=C(C1CC2(CCN(c3nc(-c4ccncc4)nc4cnccc34)CC2)CN1)N1CCOCC1. The van der Waals surface area contributed by atoms with Crippen molar-refractivity contribution in [3.8, 4) is 11.4 Å². The molecule has 3 aliphatic rings. The van der Waals surface area contributed by atoms with Crippen LogP contribution < -0.4 is 10.2 Å². The predicted octanol–water partition coefficient (Wildman–Crippen LogP) is 1.89. The van der Waals surface area contributed by atoms with Crippen LogP contribution in [0.15, 0.2) is 43.0 Å². The highest BCUT2D eigenvalue weighted by atomic mass is 16.5. The minimum Gasteiger partial charge on any atom is -0.378 e. The molecule has 1 amide bonds. The molecule has 0 aliphatic carbocycles. The lowest BCUT2D eigenvalue weighted by atomic mass is 9.76. The summed E-state index contributed by atoms with van der Waals surface area (Å²) in [6.45, 7) is 5.40. The lowest BCUT2D eigenvalue weighted by Crippen LogP contribution is -2.48. The van der Waals surface area contributed by atoms with Crippen LogP contribution in [0.4, 0.5) is 5.82 Å². The third kappa shape index (κ3) is 3.99. The van der Waals surface area contributed by atoms with Crippen LogP contribution in [0.3, 0.4) is 0 Å². The van der Waals surface area contributed by atoms with Crippen molar-refractivity contribution < 1.29 is 9.53 Å². The molecule has 0 saturated carbocycles. The maximum absolute atomic E-state index is 13.0. The van der Waals surface area contributed by atoms with E-state index in [1.807, 2.05) is 23.1 Å². The molecule has 3 fully saturated rings. The highest BCUT2D eigenvalue weighted by Gasteiger charge is 2.44. The van der Waals surface area contributed by atoms with Gasteiger partial charge in [0.05, 0.1) is 31.0 Å². The highest BCUT2D eigenvalue weighted by molar-refractivity contribution is 5.90. The minimum atomic E-state index is -0.0751. The van der Waals surface area contributed by atoms with Gasteiger partial charge in [-0.05, 0) is 42.9 Å². The van der Waals surface area contributed by atoms with E-state index in [4.69, 9.17) is 14.7 Å². The van der Waals surface area contributed by atoms with E-state index in [2.05, 4.69) is 20.2 Å². The summed E-state index contributed by atoms with van der Waals surface area (Å²) in [6.07, 6.45) is 10.1. The molecule has 9 nitrogen and oxygen atoms in total. The van der Waals surface area contributed by atoms with Crippen LogP contribution in [0.2, 0.25) is 0 Å². The molecule has 6 rings (SSSR count). The van der Waals surface area contributed by atoms with Gasteiger partial charge in [0.1, 0.15) is 5.82 Å². The second kappa shape index (κ2) is 8.88. The number of piperidine rings is 1. The van der Waals surface area contributed by atoms with Gasteiger partial charge in [-0.25, -0.2) is 9.97 Å². The Labute approximate surface area is 198 Å². The normalized spacial score (nSPS) is 22.4. The number of rotatable bonds is 3. The van der Waals surface area contributed by atoms with Gasteiger partial charge >= 0.3 is 0 Å². The van der Waals surface area contributed by atoms with Crippen molar-refractivity contribution in [2.45, 2.75) is 25.3 Å². The number of nitrogens with zero attached hydrogens (tertiary/aromatic N) is 6. The highest BCUT2D eigenvalue weighted by Crippen LogP contribution is 2.41. The molecule has 0 bridgehead atoms. The molecular formula is C25H29N7O2. The smallest absolute Gasteiger partial charge is 0.239 e. The summed E-state index contributed by atoms with van der Waals surface area (Å²) in [4.78, 5) is 35.5. The molecule has 3 aromatic heterocycles. The lowest BCUT2D eigenvalue weighted by Gasteiger charge is -2.40. The Morgan fingerprint density at radius 2 is 1.76 bits per heavy atom. The first-order valence-corrected chi connectivity index (χ1v) is 12.1. The second-order valence-corrected chi connectivity index (χ2v) is 9.56. The summed E-state index contributed by atoms with van der Waals surface area (Å²) in [5, 5.41) is 4.56. The Bertz CT molecular complexity index is 1170. The van der Waals surface area contributed by atoms with Crippen molar-refractivity contribution in [1.82, 2.24) is 30.2 Å². The molecule has 3 aliphatic heterocycles. The van der Waals surface area contributed by atoms with E-state index >= 15 is 0 Å². The average Bonchev–Trinajstić information content (AvgIpc) is 3.32. The molecule has 3 saturated heterocycles. The quantitative estimate of drug-likeness (QED) is 0.634. The average molecular weight is 460 g/mol. The predicted molar refractivity (Wildman–Crippen MR) is 128 cm³/mol. The zero-order valence-electron chi connectivity index (χ0n) is 19.2. The Kier molecular flexibility index (Phi) is 5.58. The van der Waals surface area contributed by atoms with Gasteiger partial charge in [0.25, 0.3) is 0 Å². The Morgan fingerprint density at radius 1 is 1.00 bits per heavy atom. The number of carbonyl (C=O) groups is 1. The first kappa shape index (κ1) is 21.4. The number of ether oxygens (including phenoxy) is 1. The van der Waals surface area contributed by atoms with E-state index in [0.29, 0.717) is 32.1 Å². The fourth-order valence-electron chi connectivity index (χ4n) is 5.50. The number of amides is 1. The van der Waals surface area contributed by atoms with E-state index in [1.165, 1.54) is 0 Å². The number of hydrogen-bond donors (Lipinski definition) is 1. The fraction of sp³-hybridized carbons (Fsp3) is 0.480. The van der Waals surface area contributed by atoms with Gasteiger partial charge in [-0.2, -0.15) is 0 Å². The maximum atomic E-state index is 13.0. The van der Waals surface area contributed by atoms with Crippen molar-refractivity contribution in [3.63, 3.8) is 0 Å². The van der Waals surface area contributed by atoms with E-state index in [-0.39, 0.29) is 17.4 Å². The zero-order valence-corrected chi connectivity index (χ0v) is 19.2. The maximum Gasteiger partial charge on any atom is 0.239 e. The van der Waals surface area contributed by atoms with Gasteiger partial charge in [-0.1, -0.05) is 0 Å². The van der Waals surface area contributed by atoms with E-state index in [0.717, 1.165) is 61.2 Å². The Balaban J connectivity index is 1.20. The first-order valence-electron chi connectivity index (χ1n) is 12.1. The molecule has 34 heavy (non-hydrogen) atoms. The van der Waals surface area contributed by atoms with Gasteiger partial charge in [0.15, 0.2) is 5.82 Å². The van der Waals surface area contributed by atoms with Gasteiger partial charge in [0.2, 0.25) is 5.91 Å². The number of anilines is 1. The number of nitrogens with one attached hydrogen (secondary N) is 1. The molecule has 6 heterocycles. The monoisotopic (exact) mass is 459 g/mol. The van der Waals surface area contributed by atoms with Crippen LogP contribution in [0, 0.1) is 5.41 Å². The van der Waals surface area contributed by atoms with Crippen molar-refractivity contribution in [1.29, 1.82) is 0 Å². The van der Waals surface area contributed by atoms with Crippen molar-refractivity contribution in [3.05, 3.63) is 43.0 Å². The Morgan fingerprint density at radius 3 is 2.56 bits per heavy atom. The Hall–Kier alpha value is -3.17. The summed E-state index contributed by atoms with van der Waals surface area (Å²) in [7, 11) is 0. The molecule has 3 aromatic rings. The van der Waals surface area contributed by atoms with Crippen LogP contribution in [-0.4, -0.2) is 82.7 Å². The molecule has 1 spiro atoms. The lowest BCUT2D eigenvalue weighted by molar-refractivity contribution is -0.137. The third-order valence-corrected chi connectivity index (χ3v) is 7.52. The van der Waals surface area contributed by atoms with Crippen LogP contribution >= 0.6 is 0 Å². The fourth-order valence-corrected chi connectivity index (χ4v) is 5.50. The topological polar surface area (TPSA) is 96.4 Å². The number of carbonyl (C=O) groups excluding carboxylic acids is 1. The molecule has 0 radical (unpaired) electrons. The largest absolute Gasteiger partial charge is 0.378 e. The zero-order chi connectivity index (χ0) is 23.0. The molecule has 0 aromatic carbocycles. The van der Waals surface area contributed by atoms with Gasteiger partial charge in [0, 0.05) is 62.3 Å². The number of aromatic nitrogens is 4. The summed E-state index contributed by atoms with van der Waals surface area (Å²) >= 11 is 0. The summed E-state index contributed by atoms with van der Waals surface area (Å²) in [5.74, 6) is 1.89. The molecule has 176 valence electrons. The van der Waals surface area contributed by atoms with E-state index < -0.39 is 0 Å². The standard InChI is InChI=1S/C25H29N7O2/c33-24(32-11-13-34-14-12-32)20-15-25(17-28-20)4-9-31(10-5-25)23-19-3-8-27-16-21(19)29-22(30-23)18-1-6-26-7-2-18/h1-3,6-8,16,20,28H,4-5,9-15,17H2.